The van der Waals surface area contributed by atoms with E-state index in [9.17, 15) is 27.9 Å². The van der Waals surface area contributed by atoms with Crippen LogP contribution >= 0.6 is 0 Å². The lowest BCUT2D eigenvalue weighted by Crippen LogP contribution is -2.37. The van der Waals surface area contributed by atoms with E-state index in [4.69, 9.17) is 4.84 Å². The number of anilines is 1. The van der Waals surface area contributed by atoms with Crippen LogP contribution in [0.25, 0.3) is 23.4 Å². The summed E-state index contributed by atoms with van der Waals surface area (Å²) in [5.41, 5.74) is 3.39. The SMILES string of the molecule is O=C1NCCc2c1cc(-c1ccnc(/C=C/c3ccccc3N3CCC(O)CC3)c1)n2OC(=O)C(F)(F)F. The van der Waals surface area contributed by atoms with Crippen molar-refractivity contribution in [3.05, 3.63) is 71.2 Å². The molecule has 2 N–H and O–H groups in total. The van der Waals surface area contributed by atoms with Crippen molar-refractivity contribution >= 4 is 29.7 Å². The first-order chi connectivity index (χ1) is 18.2. The number of amides is 1. The highest BCUT2D eigenvalue weighted by Crippen LogP contribution is 2.30. The zero-order valence-corrected chi connectivity index (χ0v) is 20.2. The van der Waals surface area contributed by atoms with Gasteiger partial charge in [-0.05, 0) is 48.7 Å². The first kappa shape index (κ1) is 25.5. The second-order valence-electron chi connectivity index (χ2n) is 9.15. The van der Waals surface area contributed by atoms with Gasteiger partial charge in [-0.3, -0.25) is 9.78 Å². The van der Waals surface area contributed by atoms with Crippen LogP contribution in [0.5, 0.6) is 0 Å². The standard InChI is InChI=1S/C27H25F3N4O4/c28-27(29,30)26(37)38-34-23-8-12-32-25(36)21(23)16-24(34)18-7-11-31-19(15-18)6-5-17-3-1-2-4-22(17)33-13-9-20(35)10-14-33/h1-7,11,15-16,20,35H,8-10,12-14H2,(H,32,36)/b6-5+. The van der Waals surface area contributed by atoms with Crippen LogP contribution in [-0.2, 0) is 11.2 Å². The summed E-state index contributed by atoms with van der Waals surface area (Å²) in [6.45, 7) is 1.69. The normalized spacial score (nSPS) is 16.4. The predicted molar refractivity (Wildman–Crippen MR) is 134 cm³/mol. The monoisotopic (exact) mass is 526 g/mol. The Bertz CT molecular complexity index is 1390. The fourth-order valence-corrected chi connectivity index (χ4v) is 4.69. The van der Waals surface area contributed by atoms with Gasteiger partial charge in [-0.15, -0.1) is 0 Å². The third-order valence-corrected chi connectivity index (χ3v) is 6.61. The van der Waals surface area contributed by atoms with Crippen molar-refractivity contribution in [1.82, 2.24) is 15.0 Å². The molecule has 0 saturated carbocycles. The highest BCUT2D eigenvalue weighted by molar-refractivity contribution is 5.98. The Labute approximate surface area is 216 Å². The Morgan fingerprint density at radius 1 is 1.13 bits per heavy atom. The number of carbonyl (C=O) groups is 2. The number of hydrogen-bond donors (Lipinski definition) is 2. The van der Waals surface area contributed by atoms with E-state index in [-0.39, 0.29) is 36.0 Å². The van der Waals surface area contributed by atoms with Crippen LogP contribution in [-0.4, -0.2) is 58.6 Å². The van der Waals surface area contributed by atoms with Gasteiger partial charge in [-0.1, -0.05) is 24.3 Å². The highest BCUT2D eigenvalue weighted by Gasteiger charge is 2.43. The molecule has 198 valence electrons. The van der Waals surface area contributed by atoms with Crippen LogP contribution < -0.4 is 15.1 Å². The minimum absolute atomic E-state index is 0.133. The van der Waals surface area contributed by atoms with E-state index >= 15 is 0 Å². The average Bonchev–Trinajstić information content (AvgIpc) is 3.27. The lowest BCUT2D eigenvalue weighted by Gasteiger charge is -2.32. The molecule has 5 rings (SSSR count). The van der Waals surface area contributed by atoms with Crippen LogP contribution in [0.4, 0.5) is 18.9 Å². The molecular weight excluding hydrogens is 501 g/mol. The van der Waals surface area contributed by atoms with E-state index in [1.807, 2.05) is 30.3 Å². The van der Waals surface area contributed by atoms with Crippen LogP contribution in [0.3, 0.4) is 0 Å². The molecule has 2 aliphatic heterocycles. The Balaban J connectivity index is 1.47. The van der Waals surface area contributed by atoms with Gasteiger partial charge in [0, 0.05) is 43.5 Å². The number of nitrogens with zero attached hydrogens (tertiary/aromatic N) is 3. The minimum atomic E-state index is -5.20. The first-order valence-corrected chi connectivity index (χ1v) is 12.2. The Kier molecular flexibility index (Phi) is 6.94. The molecule has 0 aliphatic carbocycles. The number of fused-ring (bicyclic) bond motifs is 1. The van der Waals surface area contributed by atoms with Crippen LogP contribution in [0.1, 0.15) is 40.2 Å². The van der Waals surface area contributed by atoms with Crippen LogP contribution in [0.15, 0.2) is 48.7 Å². The number of hydrogen-bond acceptors (Lipinski definition) is 6. The number of aromatic nitrogens is 2. The number of aliphatic hydroxyl groups excluding tert-OH is 1. The smallest absolute Gasteiger partial charge is 0.393 e. The zero-order valence-electron chi connectivity index (χ0n) is 20.2. The van der Waals surface area contributed by atoms with Crippen molar-refractivity contribution in [3.63, 3.8) is 0 Å². The molecule has 0 unspecified atom stereocenters. The van der Waals surface area contributed by atoms with Gasteiger partial charge in [0.25, 0.3) is 5.91 Å². The van der Waals surface area contributed by atoms with Gasteiger partial charge < -0.3 is 20.2 Å². The lowest BCUT2D eigenvalue weighted by molar-refractivity contribution is -0.199. The molecule has 2 aliphatic rings. The molecule has 0 radical (unpaired) electrons. The minimum Gasteiger partial charge on any atom is -0.393 e. The topological polar surface area (TPSA) is 96.7 Å². The van der Waals surface area contributed by atoms with Gasteiger partial charge in [0.15, 0.2) is 0 Å². The molecule has 0 spiro atoms. The largest absolute Gasteiger partial charge is 0.493 e. The van der Waals surface area contributed by atoms with Crippen molar-refractivity contribution in [2.45, 2.75) is 31.5 Å². The van der Waals surface area contributed by atoms with Crippen LogP contribution in [0, 0.1) is 0 Å². The number of carbonyl (C=O) groups excluding carboxylic acids is 2. The van der Waals surface area contributed by atoms with Crippen molar-refractivity contribution in [2.75, 3.05) is 24.5 Å². The summed E-state index contributed by atoms with van der Waals surface area (Å²) in [7, 11) is 0. The Morgan fingerprint density at radius 2 is 1.89 bits per heavy atom. The van der Waals surface area contributed by atoms with Gasteiger partial charge in [0.1, 0.15) is 0 Å². The molecular formula is C27H25F3N4O4. The van der Waals surface area contributed by atoms with Crippen LogP contribution in [0.2, 0.25) is 0 Å². The molecule has 2 aromatic heterocycles. The number of piperidine rings is 1. The summed E-state index contributed by atoms with van der Waals surface area (Å²) in [4.78, 5) is 35.3. The number of alkyl halides is 3. The Hall–Kier alpha value is -4.12. The van der Waals surface area contributed by atoms with E-state index in [0.717, 1.165) is 29.1 Å². The number of para-hydroxylation sites is 1. The fourth-order valence-electron chi connectivity index (χ4n) is 4.69. The van der Waals surface area contributed by atoms with Crippen molar-refractivity contribution < 1.29 is 32.7 Å². The maximum atomic E-state index is 13.0. The first-order valence-electron chi connectivity index (χ1n) is 12.2. The fraction of sp³-hybridized carbons (Fsp3) is 0.296. The summed E-state index contributed by atoms with van der Waals surface area (Å²) >= 11 is 0. The molecule has 1 saturated heterocycles. The number of halogens is 3. The summed E-state index contributed by atoms with van der Waals surface area (Å²) in [5, 5.41) is 12.5. The Morgan fingerprint density at radius 3 is 2.66 bits per heavy atom. The molecule has 3 aromatic rings. The number of pyridine rings is 1. The van der Waals surface area contributed by atoms with Gasteiger partial charge in [-0.2, -0.15) is 17.9 Å². The number of aliphatic hydroxyl groups is 1. The third kappa shape index (κ3) is 5.28. The maximum Gasteiger partial charge on any atom is 0.493 e. The molecule has 8 nitrogen and oxygen atoms in total. The van der Waals surface area contributed by atoms with E-state index < -0.39 is 18.1 Å². The summed E-state index contributed by atoms with van der Waals surface area (Å²) < 4.78 is 39.8. The number of nitrogens with one attached hydrogen (secondary N) is 1. The molecule has 0 bridgehead atoms. The summed E-state index contributed by atoms with van der Waals surface area (Å²) in [5.74, 6) is -2.83. The van der Waals surface area contributed by atoms with Gasteiger partial charge >= 0.3 is 12.1 Å². The van der Waals surface area contributed by atoms with E-state index in [2.05, 4.69) is 15.2 Å². The molecule has 1 aromatic carbocycles. The summed E-state index contributed by atoms with van der Waals surface area (Å²) in [6.07, 6.45) is 1.29. The van der Waals surface area contributed by atoms with Gasteiger partial charge in [0.2, 0.25) is 0 Å². The van der Waals surface area contributed by atoms with Gasteiger partial charge in [0.05, 0.1) is 28.7 Å². The second kappa shape index (κ2) is 10.3. The lowest BCUT2D eigenvalue weighted by atomic mass is 10.0. The third-order valence-electron chi connectivity index (χ3n) is 6.61. The highest BCUT2D eigenvalue weighted by atomic mass is 19.4. The number of rotatable bonds is 5. The van der Waals surface area contributed by atoms with E-state index in [1.165, 1.54) is 12.3 Å². The molecule has 1 amide bonds. The molecule has 11 heteroatoms. The molecule has 0 atom stereocenters. The molecule has 4 heterocycles. The number of benzene rings is 1. The predicted octanol–water partition coefficient (Wildman–Crippen LogP) is 3.49. The summed E-state index contributed by atoms with van der Waals surface area (Å²) in [6, 6.07) is 12.5. The van der Waals surface area contributed by atoms with E-state index in [0.29, 0.717) is 24.1 Å². The molecule has 1 fully saturated rings. The molecule has 38 heavy (non-hydrogen) atoms. The van der Waals surface area contributed by atoms with Gasteiger partial charge in [-0.25, -0.2) is 4.79 Å². The quantitative estimate of drug-likeness (QED) is 0.529. The average molecular weight is 527 g/mol. The zero-order chi connectivity index (χ0) is 26.9. The van der Waals surface area contributed by atoms with Crippen molar-refractivity contribution in [3.8, 4) is 11.3 Å². The van der Waals surface area contributed by atoms with E-state index in [1.54, 1.807) is 18.2 Å². The van der Waals surface area contributed by atoms with Crippen molar-refractivity contribution in [2.24, 2.45) is 0 Å². The maximum absolute atomic E-state index is 13.0. The van der Waals surface area contributed by atoms with Crippen molar-refractivity contribution in [1.29, 1.82) is 0 Å². The second-order valence-corrected chi connectivity index (χ2v) is 9.15.